The fraction of sp³-hybridized carbons (Fsp3) is 0.480. The van der Waals surface area contributed by atoms with E-state index < -0.39 is 0 Å². The second kappa shape index (κ2) is 9.34. The van der Waals surface area contributed by atoms with Crippen molar-refractivity contribution in [3.63, 3.8) is 0 Å². The lowest BCUT2D eigenvalue weighted by molar-refractivity contribution is 0.614. The van der Waals surface area contributed by atoms with Crippen LogP contribution in [0.2, 0.25) is 0 Å². The molecule has 0 radical (unpaired) electrons. The highest BCUT2D eigenvalue weighted by molar-refractivity contribution is 5.26. The lowest BCUT2D eigenvalue weighted by Crippen LogP contribution is -2.06. The molecule has 0 aliphatic rings. The fourth-order valence-corrected chi connectivity index (χ4v) is 3.91. The first-order chi connectivity index (χ1) is 13.8. The zero-order chi connectivity index (χ0) is 21.0. The molecule has 0 saturated carbocycles. The molecule has 2 atom stereocenters. The van der Waals surface area contributed by atoms with Gasteiger partial charge in [-0.1, -0.05) is 33.8 Å². The summed E-state index contributed by atoms with van der Waals surface area (Å²) in [4.78, 5) is 9.26. The number of hydrogen-bond acceptors (Lipinski definition) is 3. The zero-order valence-corrected chi connectivity index (χ0v) is 18.7. The maximum Gasteiger partial charge on any atom is 0.0652 e. The summed E-state index contributed by atoms with van der Waals surface area (Å²) in [5.74, 6) is 1.28. The Kier molecular flexibility index (Phi) is 6.83. The third-order valence-electron chi connectivity index (χ3n) is 5.83. The highest BCUT2D eigenvalue weighted by Crippen LogP contribution is 2.25. The molecule has 0 aliphatic carbocycles. The predicted molar refractivity (Wildman–Crippen MR) is 119 cm³/mol. The van der Waals surface area contributed by atoms with Gasteiger partial charge in [0.1, 0.15) is 0 Å². The van der Waals surface area contributed by atoms with Crippen molar-refractivity contribution in [2.45, 2.75) is 71.6 Å². The van der Waals surface area contributed by atoms with Crippen LogP contribution in [0.1, 0.15) is 85.8 Å². The summed E-state index contributed by atoms with van der Waals surface area (Å²) in [5, 5.41) is 4.64. The highest BCUT2D eigenvalue weighted by atomic mass is 15.3. The molecule has 154 valence electrons. The van der Waals surface area contributed by atoms with Gasteiger partial charge in [0.15, 0.2) is 0 Å². The van der Waals surface area contributed by atoms with Crippen LogP contribution in [0.25, 0.3) is 0 Å². The molecule has 0 saturated heterocycles. The molecular formula is C25H34N4. The van der Waals surface area contributed by atoms with Crippen LogP contribution in [0.5, 0.6) is 0 Å². The first-order valence-corrected chi connectivity index (χ1v) is 10.7. The number of nitrogens with zero attached hydrogens (tertiary/aromatic N) is 4. The predicted octanol–water partition coefficient (Wildman–Crippen LogP) is 5.72. The molecule has 0 N–H and O–H groups in total. The summed E-state index contributed by atoms with van der Waals surface area (Å²) in [7, 11) is 2.05. The lowest BCUT2D eigenvalue weighted by Gasteiger charge is -2.16. The Morgan fingerprint density at radius 3 is 2.41 bits per heavy atom. The van der Waals surface area contributed by atoms with Crippen molar-refractivity contribution >= 4 is 0 Å². The summed E-state index contributed by atoms with van der Waals surface area (Å²) in [5.41, 5.74) is 7.45. The molecule has 4 nitrogen and oxygen atoms in total. The van der Waals surface area contributed by atoms with Crippen LogP contribution in [-0.2, 0) is 19.9 Å². The standard InChI is InChI=1S/C25H34N4/c1-17(2)23-16-22(29(6)28-23)10-9-18(3)24-15-21(11-13-26-24)14-20(5)25-19(4)8-7-12-27-25/h7-8,11-13,15-18,20H,9-10,14H2,1-6H3. The van der Waals surface area contributed by atoms with Crippen molar-refractivity contribution in [1.29, 1.82) is 0 Å². The van der Waals surface area contributed by atoms with E-state index in [4.69, 9.17) is 0 Å². The van der Waals surface area contributed by atoms with Gasteiger partial charge in [-0.25, -0.2) is 0 Å². The van der Waals surface area contributed by atoms with Crippen LogP contribution in [0.4, 0.5) is 0 Å². The molecule has 0 fully saturated rings. The van der Waals surface area contributed by atoms with Gasteiger partial charge in [-0.2, -0.15) is 5.10 Å². The maximum atomic E-state index is 4.67. The quantitative estimate of drug-likeness (QED) is 0.494. The lowest BCUT2D eigenvalue weighted by atomic mass is 9.93. The van der Waals surface area contributed by atoms with Gasteiger partial charge in [0.2, 0.25) is 0 Å². The van der Waals surface area contributed by atoms with Gasteiger partial charge in [0, 0.05) is 42.4 Å². The van der Waals surface area contributed by atoms with Crippen LogP contribution in [0, 0.1) is 6.92 Å². The average molecular weight is 391 g/mol. The molecule has 3 heterocycles. The second-order valence-corrected chi connectivity index (χ2v) is 8.68. The summed E-state index contributed by atoms with van der Waals surface area (Å²) in [6.45, 7) is 11.1. The molecule has 0 bridgehead atoms. The van der Waals surface area contributed by atoms with Crippen LogP contribution < -0.4 is 0 Å². The molecule has 0 amide bonds. The smallest absolute Gasteiger partial charge is 0.0652 e. The van der Waals surface area contributed by atoms with Gasteiger partial charge in [0.05, 0.1) is 5.69 Å². The number of hydrogen-bond donors (Lipinski definition) is 0. The Morgan fingerprint density at radius 2 is 1.72 bits per heavy atom. The van der Waals surface area contributed by atoms with Crippen molar-refractivity contribution in [3.05, 3.63) is 76.6 Å². The van der Waals surface area contributed by atoms with E-state index in [1.165, 1.54) is 33.9 Å². The summed E-state index contributed by atoms with van der Waals surface area (Å²) < 4.78 is 2.03. The largest absolute Gasteiger partial charge is 0.272 e. The Morgan fingerprint density at radius 1 is 0.931 bits per heavy atom. The number of aryl methyl sites for hydroxylation is 3. The van der Waals surface area contributed by atoms with Crippen molar-refractivity contribution in [3.8, 4) is 0 Å². The molecule has 4 heteroatoms. The number of rotatable bonds is 8. The molecular weight excluding hydrogens is 356 g/mol. The van der Waals surface area contributed by atoms with E-state index in [2.05, 4.69) is 74.0 Å². The molecule has 3 rings (SSSR count). The summed E-state index contributed by atoms with van der Waals surface area (Å²) in [6.07, 6.45) is 6.93. The Labute approximate surface area is 175 Å². The van der Waals surface area contributed by atoms with Crippen LogP contribution in [0.3, 0.4) is 0 Å². The van der Waals surface area contributed by atoms with Gasteiger partial charge < -0.3 is 0 Å². The second-order valence-electron chi connectivity index (χ2n) is 8.68. The third kappa shape index (κ3) is 5.31. The third-order valence-corrected chi connectivity index (χ3v) is 5.83. The number of aromatic nitrogens is 4. The van der Waals surface area contributed by atoms with Crippen LogP contribution in [0.15, 0.2) is 42.7 Å². The SMILES string of the molecule is Cc1cccnc1C(C)Cc1ccnc(C(C)CCc2cc(C(C)C)nn2C)c1. The summed E-state index contributed by atoms with van der Waals surface area (Å²) >= 11 is 0. The Hall–Kier alpha value is -2.49. The maximum absolute atomic E-state index is 4.67. The normalized spacial score (nSPS) is 13.6. The van der Waals surface area contributed by atoms with Gasteiger partial charge in [0.25, 0.3) is 0 Å². The van der Waals surface area contributed by atoms with Gasteiger partial charge in [-0.3, -0.25) is 14.6 Å². The minimum Gasteiger partial charge on any atom is -0.272 e. The Balaban J connectivity index is 1.65. The first-order valence-electron chi connectivity index (χ1n) is 10.7. The molecule has 0 aromatic carbocycles. The summed E-state index contributed by atoms with van der Waals surface area (Å²) in [6, 6.07) is 10.8. The van der Waals surface area contributed by atoms with E-state index >= 15 is 0 Å². The van der Waals surface area contributed by atoms with Crippen molar-refractivity contribution in [1.82, 2.24) is 19.7 Å². The van der Waals surface area contributed by atoms with Crippen molar-refractivity contribution in [2.24, 2.45) is 7.05 Å². The van der Waals surface area contributed by atoms with Gasteiger partial charge in [-0.05, 0) is 73.4 Å². The minimum absolute atomic E-state index is 0.394. The molecule has 3 aromatic rings. The Bertz CT molecular complexity index is 942. The van der Waals surface area contributed by atoms with Gasteiger partial charge >= 0.3 is 0 Å². The zero-order valence-electron chi connectivity index (χ0n) is 18.7. The van der Waals surface area contributed by atoms with E-state index in [0.717, 1.165) is 19.3 Å². The van der Waals surface area contributed by atoms with E-state index in [1.807, 2.05) is 30.2 Å². The minimum atomic E-state index is 0.394. The monoisotopic (exact) mass is 390 g/mol. The van der Waals surface area contributed by atoms with Crippen LogP contribution >= 0.6 is 0 Å². The molecule has 2 unspecified atom stereocenters. The van der Waals surface area contributed by atoms with Crippen molar-refractivity contribution in [2.75, 3.05) is 0 Å². The molecule has 0 aliphatic heterocycles. The number of pyridine rings is 2. The first kappa shape index (κ1) is 21.2. The van der Waals surface area contributed by atoms with Gasteiger partial charge in [-0.15, -0.1) is 0 Å². The van der Waals surface area contributed by atoms with E-state index in [9.17, 15) is 0 Å². The van der Waals surface area contributed by atoms with E-state index in [0.29, 0.717) is 17.8 Å². The fourth-order valence-electron chi connectivity index (χ4n) is 3.91. The molecule has 29 heavy (non-hydrogen) atoms. The van der Waals surface area contributed by atoms with E-state index in [-0.39, 0.29) is 0 Å². The topological polar surface area (TPSA) is 43.6 Å². The van der Waals surface area contributed by atoms with Crippen molar-refractivity contribution < 1.29 is 0 Å². The van der Waals surface area contributed by atoms with Crippen LogP contribution in [-0.4, -0.2) is 19.7 Å². The molecule has 3 aromatic heterocycles. The highest BCUT2D eigenvalue weighted by Gasteiger charge is 2.14. The van der Waals surface area contributed by atoms with E-state index in [1.54, 1.807) is 0 Å². The average Bonchev–Trinajstić information content (AvgIpc) is 3.07. The molecule has 0 spiro atoms.